The van der Waals surface area contributed by atoms with Crippen LogP contribution in [0.15, 0.2) is 48.5 Å². The maximum atomic E-state index is 13.3. The Morgan fingerprint density at radius 1 is 0.969 bits per heavy atom. The molecule has 32 heavy (non-hydrogen) atoms. The molecule has 0 atom stereocenters. The van der Waals surface area contributed by atoms with E-state index in [-0.39, 0.29) is 11.9 Å². The second-order valence-corrected chi connectivity index (χ2v) is 8.45. The summed E-state index contributed by atoms with van der Waals surface area (Å²) in [4.78, 5) is 29.3. The molecule has 7 nitrogen and oxygen atoms in total. The molecule has 1 aliphatic rings. The normalized spacial score (nSPS) is 15.4. The number of piperidine rings is 1. The van der Waals surface area contributed by atoms with E-state index in [1.165, 1.54) is 11.9 Å². The summed E-state index contributed by atoms with van der Waals surface area (Å²) in [5.41, 5.74) is 4.17. The van der Waals surface area contributed by atoms with Gasteiger partial charge in [0, 0.05) is 13.1 Å². The number of aromatic nitrogens is 3. The van der Waals surface area contributed by atoms with Gasteiger partial charge in [-0.25, -0.2) is 0 Å². The molecule has 1 amide bonds. The number of aryl methyl sites for hydroxylation is 3. The van der Waals surface area contributed by atoms with Crippen LogP contribution in [-0.4, -0.2) is 52.0 Å². The summed E-state index contributed by atoms with van der Waals surface area (Å²) in [6.45, 7) is 6.72. The lowest BCUT2D eigenvalue weighted by atomic mass is 9.72. The Balaban J connectivity index is 1.56. The first-order valence-corrected chi connectivity index (χ1v) is 10.8. The number of likely N-dealkylation sites (tertiary alicyclic amines) is 1. The first kappa shape index (κ1) is 21.7. The van der Waals surface area contributed by atoms with Crippen molar-refractivity contribution in [2.24, 2.45) is 0 Å². The SMILES string of the molecule is COC(=O)C1(c2ccccc2)CCN(C(=O)c2nn(-c3ccc(C)cc3C)nc2C)CC1. The molecule has 7 heteroatoms. The molecule has 0 bridgehead atoms. The molecule has 1 saturated heterocycles. The van der Waals surface area contributed by atoms with Gasteiger partial charge in [-0.2, -0.15) is 9.90 Å². The first-order valence-electron chi connectivity index (χ1n) is 10.8. The van der Waals surface area contributed by atoms with E-state index in [0.717, 1.165) is 22.4 Å². The molecule has 166 valence electrons. The Bertz CT molecular complexity index is 1150. The van der Waals surface area contributed by atoms with Gasteiger partial charge in [0.15, 0.2) is 5.69 Å². The maximum absolute atomic E-state index is 13.3. The number of benzene rings is 2. The zero-order valence-electron chi connectivity index (χ0n) is 19.0. The van der Waals surface area contributed by atoms with E-state index in [1.807, 2.05) is 56.3 Å². The lowest BCUT2D eigenvalue weighted by Gasteiger charge is -2.39. The number of esters is 1. The van der Waals surface area contributed by atoms with Crippen molar-refractivity contribution in [1.29, 1.82) is 0 Å². The van der Waals surface area contributed by atoms with E-state index in [4.69, 9.17) is 4.74 Å². The van der Waals surface area contributed by atoms with Crippen molar-refractivity contribution in [2.45, 2.75) is 39.0 Å². The molecule has 1 aliphatic heterocycles. The number of carbonyl (C=O) groups is 2. The van der Waals surface area contributed by atoms with Gasteiger partial charge in [-0.1, -0.05) is 48.0 Å². The average Bonchev–Trinajstić information content (AvgIpc) is 3.19. The van der Waals surface area contributed by atoms with Gasteiger partial charge in [0.05, 0.1) is 23.9 Å². The Morgan fingerprint density at radius 3 is 2.28 bits per heavy atom. The van der Waals surface area contributed by atoms with Gasteiger partial charge >= 0.3 is 5.97 Å². The van der Waals surface area contributed by atoms with E-state index in [9.17, 15) is 9.59 Å². The number of rotatable bonds is 4. The molecule has 4 rings (SSSR count). The van der Waals surface area contributed by atoms with Gasteiger partial charge in [-0.3, -0.25) is 9.59 Å². The molecule has 0 spiro atoms. The van der Waals surface area contributed by atoms with Crippen LogP contribution in [0, 0.1) is 20.8 Å². The molecule has 0 radical (unpaired) electrons. The topological polar surface area (TPSA) is 77.3 Å². The number of carbonyl (C=O) groups excluding carboxylic acids is 2. The van der Waals surface area contributed by atoms with Crippen LogP contribution < -0.4 is 0 Å². The van der Waals surface area contributed by atoms with Crippen LogP contribution >= 0.6 is 0 Å². The number of hydrogen-bond donors (Lipinski definition) is 0. The highest BCUT2D eigenvalue weighted by Gasteiger charge is 2.45. The predicted octanol–water partition coefficient (Wildman–Crippen LogP) is 3.54. The van der Waals surface area contributed by atoms with Crippen LogP contribution in [0.4, 0.5) is 0 Å². The van der Waals surface area contributed by atoms with Crippen LogP contribution in [0.2, 0.25) is 0 Å². The average molecular weight is 433 g/mol. The zero-order chi connectivity index (χ0) is 22.9. The van der Waals surface area contributed by atoms with Crippen molar-refractivity contribution >= 4 is 11.9 Å². The molecular weight excluding hydrogens is 404 g/mol. The van der Waals surface area contributed by atoms with Crippen molar-refractivity contribution in [2.75, 3.05) is 20.2 Å². The van der Waals surface area contributed by atoms with E-state index in [1.54, 1.807) is 11.8 Å². The maximum Gasteiger partial charge on any atom is 0.316 e. The van der Waals surface area contributed by atoms with Crippen LogP contribution in [0.25, 0.3) is 5.69 Å². The second kappa shape index (κ2) is 8.57. The van der Waals surface area contributed by atoms with E-state index in [2.05, 4.69) is 16.3 Å². The highest BCUT2D eigenvalue weighted by atomic mass is 16.5. The minimum absolute atomic E-state index is 0.162. The quantitative estimate of drug-likeness (QED) is 0.590. The highest BCUT2D eigenvalue weighted by Crippen LogP contribution is 2.37. The molecule has 1 aromatic heterocycles. The first-order chi connectivity index (χ1) is 15.4. The van der Waals surface area contributed by atoms with Gasteiger partial charge in [0.25, 0.3) is 5.91 Å². The molecule has 2 aromatic carbocycles. The largest absolute Gasteiger partial charge is 0.468 e. The molecule has 0 aliphatic carbocycles. The van der Waals surface area contributed by atoms with Crippen molar-refractivity contribution in [3.05, 3.63) is 76.6 Å². The van der Waals surface area contributed by atoms with E-state index < -0.39 is 5.41 Å². The fraction of sp³-hybridized carbons (Fsp3) is 0.360. The van der Waals surface area contributed by atoms with Crippen molar-refractivity contribution < 1.29 is 14.3 Å². The van der Waals surface area contributed by atoms with Crippen LogP contribution in [0.1, 0.15) is 45.7 Å². The standard InChI is InChI=1S/C25H28N4O3/c1-17-10-11-21(18(2)16-17)29-26-19(3)22(27-29)23(30)28-14-12-25(13-15-28,24(31)32-4)20-8-6-5-7-9-20/h5-11,16H,12-15H2,1-4H3. The number of nitrogens with zero attached hydrogens (tertiary/aromatic N) is 4. The highest BCUT2D eigenvalue weighted by molar-refractivity contribution is 5.93. The molecule has 0 unspecified atom stereocenters. The Hall–Kier alpha value is -3.48. The summed E-state index contributed by atoms with van der Waals surface area (Å²) < 4.78 is 5.15. The van der Waals surface area contributed by atoms with Gasteiger partial charge < -0.3 is 9.64 Å². The zero-order valence-corrected chi connectivity index (χ0v) is 19.0. The number of ether oxygens (including phenoxy) is 1. The Kier molecular flexibility index (Phi) is 5.82. The summed E-state index contributed by atoms with van der Waals surface area (Å²) in [6.07, 6.45) is 0.999. The van der Waals surface area contributed by atoms with Crippen LogP contribution in [0.5, 0.6) is 0 Å². The molecule has 1 fully saturated rings. The third-order valence-electron chi connectivity index (χ3n) is 6.36. The summed E-state index contributed by atoms with van der Waals surface area (Å²) >= 11 is 0. The van der Waals surface area contributed by atoms with Gasteiger partial charge in [-0.15, -0.1) is 5.10 Å². The lowest BCUT2D eigenvalue weighted by molar-refractivity contribution is -0.149. The van der Waals surface area contributed by atoms with Crippen LogP contribution in [-0.2, 0) is 14.9 Å². The number of amides is 1. The molecule has 2 heterocycles. The monoisotopic (exact) mass is 432 g/mol. The third kappa shape index (κ3) is 3.79. The summed E-state index contributed by atoms with van der Waals surface area (Å²) in [7, 11) is 1.42. The van der Waals surface area contributed by atoms with Crippen LogP contribution in [0.3, 0.4) is 0 Å². The number of hydrogen-bond acceptors (Lipinski definition) is 5. The summed E-state index contributed by atoms with van der Waals surface area (Å²) in [5.74, 6) is -0.419. The van der Waals surface area contributed by atoms with Gasteiger partial charge in [0.1, 0.15) is 0 Å². The van der Waals surface area contributed by atoms with Crippen molar-refractivity contribution in [1.82, 2.24) is 19.9 Å². The van der Waals surface area contributed by atoms with Crippen molar-refractivity contribution in [3.8, 4) is 5.69 Å². The van der Waals surface area contributed by atoms with E-state index >= 15 is 0 Å². The fourth-order valence-corrected chi connectivity index (χ4v) is 4.52. The molecule has 0 N–H and O–H groups in total. The van der Waals surface area contributed by atoms with Gasteiger partial charge in [-0.05, 0) is 50.8 Å². The molecule has 0 saturated carbocycles. The molecule has 3 aromatic rings. The Labute approximate surface area is 188 Å². The third-order valence-corrected chi connectivity index (χ3v) is 6.36. The summed E-state index contributed by atoms with van der Waals surface area (Å²) in [5, 5.41) is 9.00. The summed E-state index contributed by atoms with van der Waals surface area (Å²) in [6, 6.07) is 15.7. The Morgan fingerprint density at radius 2 is 1.66 bits per heavy atom. The van der Waals surface area contributed by atoms with Gasteiger partial charge in [0.2, 0.25) is 0 Å². The predicted molar refractivity (Wildman–Crippen MR) is 121 cm³/mol. The lowest BCUT2D eigenvalue weighted by Crippen LogP contribution is -2.49. The minimum atomic E-state index is -0.738. The fourth-order valence-electron chi connectivity index (χ4n) is 4.52. The van der Waals surface area contributed by atoms with E-state index in [0.29, 0.717) is 37.3 Å². The number of methoxy groups -OCH3 is 1. The second-order valence-electron chi connectivity index (χ2n) is 8.45. The van der Waals surface area contributed by atoms with Crippen molar-refractivity contribution in [3.63, 3.8) is 0 Å². The molecular formula is C25H28N4O3. The minimum Gasteiger partial charge on any atom is -0.468 e. The smallest absolute Gasteiger partial charge is 0.316 e.